The van der Waals surface area contributed by atoms with Gasteiger partial charge in [0.05, 0.1) is 0 Å². The average molecular weight is 274 g/mol. The summed E-state index contributed by atoms with van der Waals surface area (Å²) >= 11 is 4.23. The molecule has 1 atom stereocenters. The number of amides is 2. The van der Waals surface area contributed by atoms with E-state index in [-0.39, 0.29) is 18.5 Å². The van der Waals surface area contributed by atoms with E-state index in [9.17, 15) is 9.59 Å². The quantitative estimate of drug-likeness (QED) is 0.766. The van der Waals surface area contributed by atoms with Gasteiger partial charge in [0.15, 0.2) is 0 Å². The van der Waals surface area contributed by atoms with Crippen LogP contribution in [-0.2, 0) is 9.53 Å². The molecule has 1 fully saturated rings. The number of alkyl carbamates (subject to hydrolysis) is 1. The number of rotatable bonds is 3. The monoisotopic (exact) mass is 274 g/mol. The number of carbonyl (C=O) groups excluding carboxylic acids is 2. The van der Waals surface area contributed by atoms with Crippen LogP contribution in [0.4, 0.5) is 4.79 Å². The summed E-state index contributed by atoms with van der Waals surface area (Å²) in [6.07, 6.45) is 1.43. The van der Waals surface area contributed by atoms with Gasteiger partial charge < -0.3 is 15.0 Å². The van der Waals surface area contributed by atoms with Crippen LogP contribution in [0.5, 0.6) is 0 Å². The van der Waals surface area contributed by atoms with Crippen LogP contribution < -0.4 is 5.32 Å². The smallest absolute Gasteiger partial charge is 0.408 e. The third-order valence-corrected chi connectivity index (χ3v) is 3.11. The van der Waals surface area contributed by atoms with Crippen LogP contribution >= 0.6 is 12.6 Å². The molecule has 0 spiro atoms. The Bertz CT molecular complexity index is 315. The zero-order valence-electron chi connectivity index (χ0n) is 11.2. The molecule has 0 unspecified atom stereocenters. The molecule has 1 rings (SSSR count). The Hall–Kier alpha value is -0.910. The van der Waals surface area contributed by atoms with E-state index < -0.39 is 11.7 Å². The first-order valence-corrected chi connectivity index (χ1v) is 6.84. The summed E-state index contributed by atoms with van der Waals surface area (Å²) in [6, 6.07) is 0.196. The maximum absolute atomic E-state index is 11.9. The van der Waals surface area contributed by atoms with Gasteiger partial charge in [-0.15, -0.1) is 0 Å². The summed E-state index contributed by atoms with van der Waals surface area (Å²) in [4.78, 5) is 25.1. The Morgan fingerprint density at radius 1 is 1.44 bits per heavy atom. The molecule has 1 N–H and O–H groups in total. The molecule has 0 saturated carbocycles. The fourth-order valence-electron chi connectivity index (χ4n) is 1.92. The average Bonchev–Trinajstić information content (AvgIpc) is 2.71. The summed E-state index contributed by atoms with van der Waals surface area (Å²) < 4.78 is 5.07. The predicted octanol–water partition coefficient (Wildman–Crippen LogP) is 1.43. The molecule has 1 aliphatic heterocycles. The van der Waals surface area contributed by atoms with Crippen LogP contribution in [0.1, 0.15) is 33.6 Å². The Morgan fingerprint density at radius 3 is 2.67 bits per heavy atom. The van der Waals surface area contributed by atoms with Crippen LogP contribution in [0.15, 0.2) is 0 Å². The first kappa shape index (κ1) is 15.1. The molecule has 18 heavy (non-hydrogen) atoms. The van der Waals surface area contributed by atoms with Gasteiger partial charge in [0.25, 0.3) is 0 Å². The SMILES string of the molecule is CC(C)(C)OC(=O)NCC(=O)N1CCC[C@@H]1CS. The maximum atomic E-state index is 11.9. The summed E-state index contributed by atoms with van der Waals surface area (Å²) in [5.74, 6) is 0.593. The first-order chi connectivity index (χ1) is 8.33. The first-order valence-electron chi connectivity index (χ1n) is 6.20. The largest absolute Gasteiger partial charge is 0.444 e. The number of hydrogen-bond acceptors (Lipinski definition) is 4. The van der Waals surface area contributed by atoms with Gasteiger partial charge in [-0.2, -0.15) is 12.6 Å². The van der Waals surface area contributed by atoms with Gasteiger partial charge in [0, 0.05) is 18.3 Å². The second kappa shape index (κ2) is 6.31. The summed E-state index contributed by atoms with van der Waals surface area (Å²) in [7, 11) is 0. The van der Waals surface area contributed by atoms with E-state index in [0.29, 0.717) is 5.75 Å². The molecule has 2 amide bonds. The van der Waals surface area contributed by atoms with Crippen molar-refractivity contribution in [2.45, 2.75) is 45.3 Å². The van der Waals surface area contributed by atoms with Crippen molar-refractivity contribution in [1.82, 2.24) is 10.2 Å². The highest BCUT2D eigenvalue weighted by Crippen LogP contribution is 2.17. The van der Waals surface area contributed by atoms with E-state index in [0.717, 1.165) is 19.4 Å². The molecule has 0 aromatic rings. The topological polar surface area (TPSA) is 58.6 Å². The molecule has 1 heterocycles. The number of thiol groups is 1. The Kier molecular flexibility index (Phi) is 5.31. The lowest BCUT2D eigenvalue weighted by molar-refractivity contribution is -0.130. The number of carbonyl (C=O) groups is 2. The van der Waals surface area contributed by atoms with Crippen molar-refractivity contribution in [2.24, 2.45) is 0 Å². The third kappa shape index (κ3) is 4.76. The van der Waals surface area contributed by atoms with Crippen molar-refractivity contribution in [1.29, 1.82) is 0 Å². The lowest BCUT2D eigenvalue weighted by Gasteiger charge is -2.24. The highest BCUT2D eigenvalue weighted by atomic mass is 32.1. The van der Waals surface area contributed by atoms with Crippen LogP contribution in [0.25, 0.3) is 0 Å². The Morgan fingerprint density at radius 2 is 2.11 bits per heavy atom. The van der Waals surface area contributed by atoms with E-state index in [2.05, 4.69) is 17.9 Å². The Labute approximate surface area is 114 Å². The van der Waals surface area contributed by atoms with E-state index in [1.807, 2.05) is 0 Å². The molecule has 104 valence electrons. The van der Waals surface area contributed by atoms with Crippen LogP contribution in [0, 0.1) is 0 Å². The summed E-state index contributed by atoms with van der Waals surface area (Å²) in [6.45, 7) is 6.09. The molecular weight excluding hydrogens is 252 g/mol. The number of ether oxygens (including phenoxy) is 1. The van der Waals surface area contributed by atoms with Crippen molar-refractivity contribution in [3.8, 4) is 0 Å². The number of likely N-dealkylation sites (tertiary alicyclic amines) is 1. The lowest BCUT2D eigenvalue weighted by Crippen LogP contribution is -2.44. The van der Waals surface area contributed by atoms with Crippen molar-refractivity contribution >= 4 is 24.6 Å². The Balaban J connectivity index is 2.35. The van der Waals surface area contributed by atoms with Crippen molar-refractivity contribution in [2.75, 3.05) is 18.8 Å². The zero-order valence-corrected chi connectivity index (χ0v) is 12.1. The minimum atomic E-state index is -0.558. The standard InChI is InChI=1S/C12H22N2O3S/c1-12(2,3)17-11(16)13-7-10(15)14-6-4-5-9(14)8-18/h9,18H,4-8H2,1-3H3,(H,13,16)/t9-/m1/s1. The fraction of sp³-hybridized carbons (Fsp3) is 0.833. The zero-order chi connectivity index (χ0) is 13.8. The van der Waals surface area contributed by atoms with Gasteiger partial charge in [-0.25, -0.2) is 4.79 Å². The van der Waals surface area contributed by atoms with E-state index in [1.165, 1.54) is 0 Å². The summed E-state index contributed by atoms with van der Waals surface area (Å²) in [5.41, 5.74) is -0.547. The molecule has 5 nitrogen and oxygen atoms in total. The summed E-state index contributed by atoms with van der Waals surface area (Å²) in [5, 5.41) is 2.48. The van der Waals surface area contributed by atoms with Crippen LogP contribution in [-0.4, -0.2) is 47.4 Å². The van der Waals surface area contributed by atoms with Gasteiger partial charge in [0.1, 0.15) is 12.1 Å². The van der Waals surface area contributed by atoms with Gasteiger partial charge in [-0.05, 0) is 33.6 Å². The van der Waals surface area contributed by atoms with Gasteiger partial charge in [0.2, 0.25) is 5.91 Å². The van der Waals surface area contributed by atoms with E-state index in [4.69, 9.17) is 4.74 Å². The van der Waals surface area contributed by atoms with Crippen LogP contribution in [0.2, 0.25) is 0 Å². The maximum Gasteiger partial charge on any atom is 0.408 e. The molecule has 0 bridgehead atoms. The molecule has 1 saturated heterocycles. The molecule has 0 aromatic heterocycles. The highest BCUT2D eigenvalue weighted by molar-refractivity contribution is 7.80. The fourth-order valence-corrected chi connectivity index (χ4v) is 2.30. The van der Waals surface area contributed by atoms with E-state index >= 15 is 0 Å². The number of hydrogen-bond donors (Lipinski definition) is 2. The highest BCUT2D eigenvalue weighted by Gasteiger charge is 2.27. The minimum Gasteiger partial charge on any atom is -0.444 e. The second-order valence-electron chi connectivity index (χ2n) is 5.42. The normalized spacial score (nSPS) is 19.8. The molecule has 1 aliphatic rings. The van der Waals surface area contributed by atoms with E-state index in [1.54, 1.807) is 25.7 Å². The molecular formula is C12H22N2O3S. The molecule has 0 aliphatic carbocycles. The molecule has 0 aromatic carbocycles. The number of nitrogens with zero attached hydrogens (tertiary/aromatic N) is 1. The molecule has 6 heteroatoms. The van der Waals surface area contributed by atoms with Gasteiger partial charge in [-0.3, -0.25) is 4.79 Å². The lowest BCUT2D eigenvalue weighted by atomic mass is 10.2. The number of nitrogens with one attached hydrogen (secondary N) is 1. The second-order valence-corrected chi connectivity index (χ2v) is 5.79. The van der Waals surface area contributed by atoms with Crippen LogP contribution in [0.3, 0.4) is 0 Å². The van der Waals surface area contributed by atoms with Crippen molar-refractivity contribution < 1.29 is 14.3 Å². The predicted molar refractivity (Wildman–Crippen MR) is 72.8 cm³/mol. The van der Waals surface area contributed by atoms with Gasteiger partial charge in [-0.1, -0.05) is 0 Å². The van der Waals surface area contributed by atoms with Crippen molar-refractivity contribution in [3.63, 3.8) is 0 Å². The minimum absolute atomic E-state index is 0.0147. The third-order valence-electron chi connectivity index (χ3n) is 2.69. The molecule has 0 radical (unpaired) electrons. The van der Waals surface area contributed by atoms with Gasteiger partial charge >= 0.3 is 6.09 Å². The van der Waals surface area contributed by atoms with Crippen molar-refractivity contribution in [3.05, 3.63) is 0 Å².